The summed E-state index contributed by atoms with van der Waals surface area (Å²) >= 11 is 6.23. The van der Waals surface area contributed by atoms with Crippen LogP contribution < -0.4 is 14.2 Å². The average molecular weight is 480 g/mol. The Balaban J connectivity index is 1.38. The molecule has 0 unspecified atom stereocenters. The van der Waals surface area contributed by atoms with Crippen molar-refractivity contribution in [1.82, 2.24) is 0 Å². The lowest BCUT2D eigenvalue weighted by Crippen LogP contribution is -2.12. The average Bonchev–Trinajstić information content (AvgIpc) is 3.15. The Labute approximate surface area is 199 Å². The van der Waals surface area contributed by atoms with E-state index in [1.807, 2.05) is 6.92 Å². The topological polar surface area (TPSA) is 97.1 Å². The second kappa shape index (κ2) is 8.81. The maximum Gasteiger partial charge on any atom is 0.269 e. The van der Waals surface area contributed by atoms with Crippen LogP contribution in [0.15, 0.2) is 54.3 Å². The lowest BCUT2D eigenvalue weighted by molar-refractivity contribution is -0.384. The normalized spacial score (nSPS) is 15.4. The summed E-state index contributed by atoms with van der Waals surface area (Å²) in [7, 11) is 0. The number of ketones is 1. The summed E-state index contributed by atoms with van der Waals surface area (Å²) in [5.74, 6) is 1.50. The molecule has 2 aliphatic rings. The van der Waals surface area contributed by atoms with E-state index in [9.17, 15) is 14.9 Å². The monoisotopic (exact) mass is 479 g/mol. The molecule has 0 radical (unpaired) electrons. The summed E-state index contributed by atoms with van der Waals surface area (Å²) in [4.78, 5) is 23.4. The highest BCUT2D eigenvalue weighted by molar-refractivity contribution is 6.31. The molecule has 0 saturated heterocycles. The number of fused-ring (bicyclic) bond motifs is 2. The molecule has 3 aromatic rings. The van der Waals surface area contributed by atoms with Gasteiger partial charge in [-0.1, -0.05) is 11.6 Å². The fraction of sp³-hybridized carbons (Fsp3) is 0.160. The molecule has 0 atom stereocenters. The van der Waals surface area contributed by atoms with Crippen molar-refractivity contribution in [1.29, 1.82) is 0 Å². The van der Waals surface area contributed by atoms with Crippen molar-refractivity contribution >= 4 is 29.1 Å². The van der Waals surface area contributed by atoms with Crippen LogP contribution in [0.3, 0.4) is 0 Å². The fourth-order valence-corrected chi connectivity index (χ4v) is 4.11. The molecule has 0 saturated carbocycles. The number of non-ortho nitro benzene ring substituents is 1. The van der Waals surface area contributed by atoms with Crippen molar-refractivity contribution in [3.8, 4) is 17.2 Å². The van der Waals surface area contributed by atoms with Crippen molar-refractivity contribution in [2.45, 2.75) is 20.1 Å². The van der Waals surface area contributed by atoms with Crippen LogP contribution in [0.1, 0.15) is 32.6 Å². The maximum absolute atomic E-state index is 13.0. The Morgan fingerprint density at radius 2 is 1.94 bits per heavy atom. The van der Waals surface area contributed by atoms with E-state index in [4.69, 9.17) is 30.5 Å². The van der Waals surface area contributed by atoms with E-state index in [0.29, 0.717) is 45.6 Å². The van der Waals surface area contributed by atoms with Gasteiger partial charge in [0.05, 0.1) is 17.1 Å². The van der Waals surface area contributed by atoms with Gasteiger partial charge in [-0.15, -0.1) is 0 Å². The van der Waals surface area contributed by atoms with Crippen LogP contribution in [0.5, 0.6) is 17.2 Å². The second-order valence-electron chi connectivity index (χ2n) is 7.81. The Hall–Kier alpha value is -3.88. The highest BCUT2D eigenvalue weighted by Crippen LogP contribution is 2.41. The summed E-state index contributed by atoms with van der Waals surface area (Å²) in [5.41, 5.74) is 3.34. The van der Waals surface area contributed by atoms with Crippen molar-refractivity contribution in [2.24, 2.45) is 0 Å². The van der Waals surface area contributed by atoms with Gasteiger partial charge in [0.25, 0.3) is 5.69 Å². The SMILES string of the molecule is Cc1c(OCc2ccc([N+](=O)[O-])cc2)ccc2c1O/C(=C\c1cc(Cl)cc3c1OCOC3)C2=O. The summed E-state index contributed by atoms with van der Waals surface area (Å²) in [6.45, 7) is 2.51. The zero-order valence-electron chi connectivity index (χ0n) is 18.0. The number of halogens is 1. The zero-order valence-corrected chi connectivity index (χ0v) is 18.8. The molecule has 3 aromatic carbocycles. The van der Waals surface area contributed by atoms with E-state index >= 15 is 0 Å². The Kier molecular flexibility index (Phi) is 5.69. The van der Waals surface area contributed by atoms with Gasteiger partial charge in [0.15, 0.2) is 12.6 Å². The highest BCUT2D eigenvalue weighted by Gasteiger charge is 2.31. The molecule has 172 valence electrons. The predicted octanol–water partition coefficient (Wildman–Crippen LogP) is 5.62. The minimum absolute atomic E-state index is 0.0163. The second-order valence-corrected chi connectivity index (χ2v) is 8.25. The van der Waals surface area contributed by atoms with E-state index in [1.165, 1.54) is 12.1 Å². The lowest BCUT2D eigenvalue weighted by Gasteiger charge is -2.20. The highest BCUT2D eigenvalue weighted by atomic mass is 35.5. The Bertz CT molecular complexity index is 1350. The van der Waals surface area contributed by atoms with Crippen LogP contribution >= 0.6 is 11.6 Å². The van der Waals surface area contributed by atoms with Gasteiger partial charge >= 0.3 is 0 Å². The number of benzene rings is 3. The standard InChI is InChI=1S/C25H18ClNO7/c1-14-21(32-11-15-2-4-19(5-3-15)27(29)30)7-6-20-23(28)22(34-24(14)20)10-16-8-18(26)9-17-12-31-13-33-25(16)17/h2-10H,11-13H2,1H3/b22-10-. The van der Waals surface area contributed by atoms with Gasteiger partial charge in [0.1, 0.15) is 23.9 Å². The smallest absolute Gasteiger partial charge is 0.269 e. The maximum atomic E-state index is 13.0. The molecule has 2 aliphatic heterocycles. The molecular formula is C25H18ClNO7. The third kappa shape index (κ3) is 4.09. The summed E-state index contributed by atoms with van der Waals surface area (Å²) in [5, 5.41) is 11.3. The molecule has 0 fully saturated rings. The van der Waals surface area contributed by atoms with Crippen molar-refractivity contribution in [3.05, 3.63) is 97.2 Å². The summed E-state index contributed by atoms with van der Waals surface area (Å²) in [6.07, 6.45) is 1.62. The van der Waals surface area contributed by atoms with Gasteiger partial charge in [-0.05, 0) is 55.0 Å². The van der Waals surface area contributed by atoms with Crippen LogP contribution in [0.25, 0.3) is 6.08 Å². The Morgan fingerprint density at radius 1 is 1.15 bits per heavy atom. The fourth-order valence-electron chi connectivity index (χ4n) is 3.86. The number of carbonyl (C=O) groups is 1. The molecule has 9 heteroatoms. The van der Waals surface area contributed by atoms with Gasteiger partial charge in [0.2, 0.25) is 5.78 Å². The molecule has 34 heavy (non-hydrogen) atoms. The van der Waals surface area contributed by atoms with Gasteiger partial charge in [-0.25, -0.2) is 0 Å². The van der Waals surface area contributed by atoms with Crippen LogP contribution in [-0.2, 0) is 18.0 Å². The molecular weight excluding hydrogens is 462 g/mol. The number of nitro benzene ring substituents is 1. The van der Waals surface area contributed by atoms with E-state index < -0.39 is 4.92 Å². The largest absolute Gasteiger partial charge is 0.488 e. The molecule has 2 heterocycles. The van der Waals surface area contributed by atoms with Crippen LogP contribution in [0.2, 0.25) is 5.02 Å². The number of hydrogen-bond acceptors (Lipinski definition) is 7. The predicted molar refractivity (Wildman–Crippen MR) is 123 cm³/mol. The number of rotatable bonds is 5. The van der Waals surface area contributed by atoms with Crippen LogP contribution in [-0.4, -0.2) is 17.5 Å². The number of allylic oxidation sites excluding steroid dienone is 1. The minimum atomic E-state index is -0.451. The van der Waals surface area contributed by atoms with Crippen molar-refractivity contribution in [3.63, 3.8) is 0 Å². The number of hydrogen-bond donors (Lipinski definition) is 0. The lowest BCUT2D eigenvalue weighted by atomic mass is 10.0. The zero-order chi connectivity index (χ0) is 23.8. The van der Waals surface area contributed by atoms with Gasteiger partial charge in [-0.2, -0.15) is 0 Å². The number of carbonyl (C=O) groups excluding carboxylic acids is 1. The van der Waals surface area contributed by atoms with Crippen LogP contribution in [0, 0.1) is 17.0 Å². The van der Waals surface area contributed by atoms with Gasteiger partial charge in [0, 0.05) is 33.8 Å². The molecule has 8 nitrogen and oxygen atoms in total. The Morgan fingerprint density at radius 3 is 2.71 bits per heavy atom. The molecule has 0 aliphatic carbocycles. The minimum Gasteiger partial charge on any atom is -0.488 e. The molecule has 0 N–H and O–H groups in total. The first-order valence-electron chi connectivity index (χ1n) is 10.4. The molecule has 0 bridgehead atoms. The first-order valence-corrected chi connectivity index (χ1v) is 10.8. The molecule has 0 spiro atoms. The first kappa shape index (κ1) is 21.9. The summed E-state index contributed by atoms with van der Waals surface area (Å²) in [6, 6.07) is 13.0. The number of nitro groups is 1. The molecule has 0 amide bonds. The number of ether oxygens (including phenoxy) is 4. The van der Waals surface area contributed by atoms with E-state index in [2.05, 4.69) is 0 Å². The quantitative estimate of drug-likeness (QED) is 0.266. The van der Waals surface area contributed by atoms with Crippen LogP contribution in [0.4, 0.5) is 5.69 Å². The third-order valence-electron chi connectivity index (χ3n) is 5.57. The van der Waals surface area contributed by atoms with E-state index in [-0.39, 0.29) is 30.6 Å². The summed E-state index contributed by atoms with van der Waals surface area (Å²) < 4.78 is 22.8. The van der Waals surface area contributed by atoms with Crippen molar-refractivity contribution < 1.29 is 28.7 Å². The number of nitrogens with zero attached hydrogens (tertiary/aromatic N) is 1. The first-order chi connectivity index (χ1) is 16.4. The van der Waals surface area contributed by atoms with Gasteiger partial charge in [-0.3, -0.25) is 14.9 Å². The number of Topliss-reactive ketones (excluding diaryl/α,β-unsaturated/α-hetero) is 1. The molecule has 5 rings (SSSR count). The van der Waals surface area contributed by atoms with Crippen molar-refractivity contribution in [2.75, 3.05) is 6.79 Å². The molecule has 0 aromatic heterocycles. The van der Waals surface area contributed by atoms with Gasteiger partial charge < -0.3 is 18.9 Å². The van der Waals surface area contributed by atoms with E-state index in [0.717, 1.165) is 11.1 Å². The van der Waals surface area contributed by atoms with E-state index in [1.54, 1.807) is 42.5 Å². The third-order valence-corrected chi connectivity index (χ3v) is 5.79.